The average Bonchev–Trinajstić information content (AvgIpc) is 3.24. The number of rotatable bonds is 10. The molecule has 7 rings (SSSR count). The van der Waals surface area contributed by atoms with E-state index in [1.165, 1.54) is 13.8 Å². The maximum Gasteiger partial charge on any atom is 0.167 e. The highest BCUT2D eigenvalue weighted by Gasteiger charge is 2.27. The lowest BCUT2D eigenvalue weighted by molar-refractivity contribution is -0.119. The maximum atomic E-state index is 12.6. The number of hydrogen-bond donors (Lipinski definition) is 2. The van der Waals surface area contributed by atoms with Crippen molar-refractivity contribution in [1.29, 1.82) is 0 Å². The Labute approximate surface area is 396 Å². The molecule has 0 amide bonds. The minimum absolute atomic E-state index is 0.0376. The number of ether oxygens (including phenoxy) is 2. The molecule has 0 aliphatic heterocycles. The van der Waals surface area contributed by atoms with Gasteiger partial charge in [0, 0.05) is 47.9 Å². The molecule has 0 spiro atoms. The van der Waals surface area contributed by atoms with Crippen molar-refractivity contribution in [3.8, 4) is 23.0 Å². The molecule has 12 heteroatoms. The van der Waals surface area contributed by atoms with Crippen LogP contribution in [0.1, 0.15) is 111 Å². The quantitative estimate of drug-likeness (QED) is 0.131. The molecule has 6 aromatic rings. The Morgan fingerprint density at radius 3 is 1.08 bits per heavy atom. The first-order chi connectivity index (χ1) is 31.2. The van der Waals surface area contributed by atoms with Gasteiger partial charge in [-0.05, 0) is 107 Å². The Morgan fingerprint density at radius 2 is 0.803 bits per heavy atom. The number of phenols is 2. The molecule has 1 aliphatic rings. The van der Waals surface area contributed by atoms with Crippen LogP contribution in [0.3, 0.4) is 0 Å². The van der Waals surface area contributed by atoms with Gasteiger partial charge in [0.25, 0.3) is 0 Å². The van der Waals surface area contributed by atoms with E-state index < -0.39 is 0 Å². The zero-order chi connectivity index (χ0) is 47.5. The van der Waals surface area contributed by atoms with Crippen LogP contribution in [0.2, 0.25) is 10.0 Å². The van der Waals surface area contributed by atoms with Crippen LogP contribution in [-0.2, 0) is 46.1 Å². The highest BCUT2D eigenvalue weighted by Crippen LogP contribution is 2.44. The molecule has 1 aliphatic carbocycles. The monoisotopic (exact) mass is 924 g/mol. The van der Waals surface area contributed by atoms with Crippen molar-refractivity contribution >= 4 is 57.5 Å². The van der Waals surface area contributed by atoms with E-state index in [4.69, 9.17) is 32.7 Å². The molecule has 0 saturated heterocycles. The third kappa shape index (κ3) is 11.4. The van der Waals surface area contributed by atoms with Crippen LogP contribution in [-0.4, -0.2) is 35.0 Å². The molecule has 0 unspecified atom stereocenters. The Bertz CT molecular complexity index is 2620. The van der Waals surface area contributed by atoms with Crippen LogP contribution in [0.5, 0.6) is 23.0 Å². The fourth-order valence-electron chi connectivity index (χ4n) is 7.87. The summed E-state index contributed by atoms with van der Waals surface area (Å²) >= 11 is 13.0. The zero-order valence-corrected chi connectivity index (χ0v) is 40.1. The molecule has 340 valence electrons. The van der Waals surface area contributed by atoms with E-state index in [2.05, 4.69) is 62.0 Å². The molecule has 6 aromatic carbocycles. The van der Waals surface area contributed by atoms with Crippen LogP contribution < -0.4 is 9.47 Å². The number of ketones is 2. The lowest BCUT2D eigenvalue weighted by Crippen LogP contribution is -2.16. The zero-order valence-electron chi connectivity index (χ0n) is 38.6. The van der Waals surface area contributed by atoms with Crippen molar-refractivity contribution in [3.05, 3.63) is 163 Å². The molecule has 10 nitrogen and oxygen atoms in total. The highest BCUT2D eigenvalue weighted by molar-refractivity contribution is 6.33. The van der Waals surface area contributed by atoms with E-state index in [1.54, 1.807) is 48.5 Å². The molecule has 0 heterocycles. The second-order valence-corrected chi connectivity index (χ2v) is 19.8. The first-order valence-corrected chi connectivity index (χ1v) is 22.6. The summed E-state index contributed by atoms with van der Waals surface area (Å²) < 4.78 is 12.9. The summed E-state index contributed by atoms with van der Waals surface area (Å²) in [6.45, 7) is 15.2. The SMILES string of the molecule is CC(=O)COc1c2cc(C(C)(C)C)cc1Cc1cc(N=Nc3ccccc3Cl)cc(c1O)Cc1cc(C(C)(C)C)cc(c1OCC(C)=O)Cc1cc(N=Nc3ccccc3Cl)cc(c1O)C2. The number of azo groups is 2. The molecule has 0 aromatic heterocycles. The third-order valence-corrected chi connectivity index (χ3v) is 12.0. The average molecular weight is 926 g/mol. The Hall–Kier alpha value is -6.36. The summed E-state index contributed by atoms with van der Waals surface area (Å²) in [6, 6.07) is 29.7. The van der Waals surface area contributed by atoms with Gasteiger partial charge < -0.3 is 19.7 Å². The van der Waals surface area contributed by atoms with Crippen LogP contribution in [0.4, 0.5) is 22.7 Å². The van der Waals surface area contributed by atoms with Crippen molar-refractivity contribution < 1.29 is 29.3 Å². The summed E-state index contributed by atoms with van der Waals surface area (Å²) in [5, 5.41) is 44.0. The van der Waals surface area contributed by atoms with E-state index >= 15 is 0 Å². The molecule has 0 saturated carbocycles. The van der Waals surface area contributed by atoms with Crippen molar-refractivity contribution in [1.82, 2.24) is 0 Å². The second-order valence-electron chi connectivity index (χ2n) is 19.0. The number of carbonyl (C=O) groups is 2. The van der Waals surface area contributed by atoms with Gasteiger partial charge >= 0.3 is 0 Å². The van der Waals surface area contributed by atoms with E-state index in [-0.39, 0.29) is 72.8 Å². The van der Waals surface area contributed by atoms with E-state index in [9.17, 15) is 19.8 Å². The van der Waals surface area contributed by atoms with Gasteiger partial charge in [-0.25, -0.2) is 0 Å². The number of carbonyl (C=O) groups excluding carboxylic acids is 2. The first kappa shape index (κ1) is 47.6. The van der Waals surface area contributed by atoms with Crippen molar-refractivity contribution in [2.24, 2.45) is 20.5 Å². The van der Waals surface area contributed by atoms with E-state index in [0.29, 0.717) is 88.8 Å². The molecule has 8 bridgehead atoms. The number of Topliss-reactive ketones (excluding diaryl/α,β-unsaturated/α-hetero) is 2. The van der Waals surface area contributed by atoms with Crippen molar-refractivity contribution in [2.45, 2.75) is 91.9 Å². The number of nitrogens with zero attached hydrogens (tertiary/aromatic N) is 4. The Balaban J connectivity index is 1.55. The number of phenolic OH excluding ortho intramolecular Hbond substituents is 2. The largest absolute Gasteiger partial charge is 0.507 e. The molecular formula is C54H54Cl2N4O6. The smallest absolute Gasteiger partial charge is 0.167 e. The summed E-state index contributed by atoms with van der Waals surface area (Å²) in [5.74, 6) is 0.640. The second kappa shape index (κ2) is 19.6. The predicted molar refractivity (Wildman–Crippen MR) is 261 cm³/mol. The van der Waals surface area contributed by atoms with Crippen LogP contribution in [0, 0.1) is 0 Å². The summed E-state index contributed by atoms with van der Waals surface area (Å²) in [6.07, 6.45) is 0.678. The van der Waals surface area contributed by atoms with Crippen LogP contribution >= 0.6 is 23.2 Å². The van der Waals surface area contributed by atoms with Gasteiger partial charge in [0.15, 0.2) is 11.6 Å². The van der Waals surface area contributed by atoms with Gasteiger partial charge in [-0.15, -0.1) is 10.2 Å². The van der Waals surface area contributed by atoms with Gasteiger partial charge in [0.1, 0.15) is 47.6 Å². The van der Waals surface area contributed by atoms with E-state index in [0.717, 1.165) is 11.1 Å². The minimum Gasteiger partial charge on any atom is -0.507 e. The van der Waals surface area contributed by atoms with E-state index in [1.807, 2.05) is 48.5 Å². The number of aromatic hydroxyl groups is 2. The molecule has 2 N–H and O–H groups in total. The summed E-state index contributed by atoms with van der Waals surface area (Å²) in [4.78, 5) is 25.2. The highest BCUT2D eigenvalue weighted by atomic mass is 35.5. The fourth-order valence-corrected chi connectivity index (χ4v) is 8.21. The lowest BCUT2D eigenvalue weighted by Gasteiger charge is -2.26. The molecule has 0 radical (unpaired) electrons. The van der Waals surface area contributed by atoms with Gasteiger partial charge in [-0.3, -0.25) is 9.59 Å². The molecule has 66 heavy (non-hydrogen) atoms. The standard InChI is InChI=1S/C54H54Cl2N4O6/c1-31(61)29-65-51-37-17-33-25-43(57-59-47-15-11-9-13-45(47)55)27-35(49(33)63)19-39-23-42(54(6,7)8)24-40(52(39)66-30-32(2)62)20-36-28-44(58-60-48-16-12-10-14-46(48)56)26-34(50(36)64)18-38(51)22-41(21-37)53(3,4)5/h9-16,21-28,63-64H,17-20,29-30H2,1-8H3. The van der Waals surface area contributed by atoms with Gasteiger partial charge in [0.05, 0.1) is 21.4 Å². The Kier molecular flexibility index (Phi) is 14.2. The number of benzene rings is 6. The predicted octanol–water partition coefficient (Wildman–Crippen LogP) is 14.4. The Morgan fingerprint density at radius 1 is 0.500 bits per heavy atom. The van der Waals surface area contributed by atoms with Gasteiger partial charge in [-0.1, -0.05) is 113 Å². The van der Waals surface area contributed by atoms with Crippen molar-refractivity contribution in [2.75, 3.05) is 13.2 Å². The first-order valence-electron chi connectivity index (χ1n) is 21.8. The van der Waals surface area contributed by atoms with Gasteiger partial charge in [0.2, 0.25) is 0 Å². The minimum atomic E-state index is -0.344. The molecular weight excluding hydrogens is 872 g/mol. The summed E-state index contributed by atoms with van der Waals surface area (Å²) in [5.41, 5.74) is 8.13. The maximum absolute atomic E-state index is 12.6. The summed E-state index contributed by atoms with van der Waals surface area (Å²) in [7, 11) is 0. The fraction of sp³-hybridized carbons (Fsp3) is 0.296. The van der Waals surface area contributed by atoms with Crippen LogP contribution in [0.15, 0.2) is 118 Å². The number of halogens is 2. The number of fused-ring (bicyclic) bond motifs is 8. The third-order valence-electron chi connectivity index (χ3n) is 11.3. The normalized spacial score (nSPS) is 13.0. The van der Waals surface area contributed by atoms with Crippen molar-refractivity contribution in [3.63, 3.8) is 0 Å². The lowest BCUT2D eigenvalue weighted by atomic mass is 9.81. The van der Waals surface area contributed by atoms with Crippen LogP contribution in [0.25, 0.3) is 0 Å². The topological polar surface area (TPSA) is 142 Å². The van der Waals surface area contributed by atoms with Gasteiger partial charge in [-0.2, -0.15) is 10.2 Å². The number of hydrogen-bond acceptors (Lipinski definition) is 10. The molecule has 0 atom stereocenters. The molecule has 0 fully saturated rings.